The Morgan fingerprint density at radius 3 is 2.29 bits per heavy atom. The van der Waals surface area contributed by atoms with E-state index in [2.05, 4.69) is 10.3 Å². The molecule has 3 aromatic rings. The average molecular weight is 421 g/mol. The molecule has 160 valence electrons. The number of aromatic nitrogens is 3. The number of ether oxygens (including phenoxy) is 3. The Bertz CT molecular complexity index is 1170. The number of carbonyl (C=O) groups is 1. The summed E-state index contributed by atoms with van der Waals surface area (Å²) in [4.78, 5) is 17.1. The number of primary amides is 1. The van der Waals surface area contributed by atoms with E-state index in [1.807, 2.05) is 30.3 Å². The monoisotopic (exact) mass is 421 g/mol. The Balaban J connectivity index is 1.96. The highest BCUT2D eigenvalue weighted by Gasteiger charge is 2.36. The molecule has 0 saturated carbocycles. The van der Waals surface area contributed by atoms with Crippen molar-refractivity contribution in [2.45, 2.75) is 13.0 Å². The molecule has 1 aromatic heterocycles. The number of fused-ring (bicyclic) bond motifs is 1. The van der Waals surface area contributed by atoms with Crippen molar-refractivity contribution in [2.24, 2.45) is 5.73 Å². The third kappa shape index (κ3) is 3.43. The van der Waals surface area contributed by atoms with Gasteiger partial charge in [-0.15, -0.1) is 5.10 Å². The second kappa shape index (κ2) is 8.02. The van der Waals surface area contributed by atoms with E-state index < -0.39 is 11.9 Å². The molecule has 9 heteroatoms. The normalized spacial score (nSPS) is 15.2. The lowest BCUT2D eigenvalue weighted by molar-refractivity contribution is -0.115. The van der Waals surface area contributed by atoms with Gasteiger partial charge in [0, 0.05) is 22.9 Å². The third-order valence-electron chi connectivity index (χ3n) is 5.18. The van der Waals surface area contributed by atoms with E-state index in [1.165, 1.54) is 0 Å². The van der Waals surface area contributed by atoms with Gasteiger partial charge < -0.3 is 25.3 Å². The molecule has 3 N–H and O–H groups in total. The first-order valence-electron chi connectivity index (χ1n) is 9.58. The van der Waals surface area contributed by atoms with Gasteiger partial charge in [-0.2, -0.15) is 4.98 Å². The molecule has 1 atom stereocenters. The molecule has 1 unspecified atom stereocenters. The van der Waals surface area contributed by atoms with Crippen LogP contribution in [-0.4, -0.2) is 42.0 Å². The summed E-state index contributed by atoms with van der Waals surface area (Å²) in [6.45, 7) is 1.78. The number of anilines is 1. The van der Waals surface area contributed by atoms with E-state index in [4.69, 9.17) is 25.0 Å². The number of carbonyl (C=O) groups excluding carboxylic acids is 1. The lowest BCUT2D eigenvalue weighted by Gasteiger charge is -2.29. The SMILES string of the molecule is COc1cc(OC)c(C2C(C(N)=O)=C(C)Nc3nc(-c4ccccc4)nn32)cc1OC. The van der Waals surface area contributed by atoms with Gasteiger partial charge in [-0.1, -0.05) is 30.3 Å². The van der Waals surface area contributed by atoms with Crippen LogP contribution >= 0.6 is 0 Å². The molecule has 2 heterocycles. The minimum Gasteiger partial charge on any atom is -0.496 e. The fourth-order valence-electron chi connectivity index (χ4n) is 3.73. The quantitative estimate of drug-likeness (QED) is 0.629. The minimum atomic E-state index is -0.673. The summed E-state index contributed by atoms with van der Waals surface area (Å²) in [7, 11) is 4.63. The number of hydrogen-bond donors (Lipinski definition) is 2. The standard InChI is InChI=1S/C22H23N5O4/c1-12-18(20(23)28)19(14-10-16(30-3)17(31-4)11-15(14)29-2)27-22(24-12)25-21(26-27)13-8-6-5-7-9-13/h5-11,19H,1-4H3,(H2,23,28)(H,24,25,26). The summed E-state index contributed by atoms with van der Waals surface area (Å²) in [5.41, 5.74) is 8.21. The maximum Gasteiger partial charge on any atom is 0.248 e. The number of nitrogens with one attached hydrogen (secondary N) is 1. The maximum absolute atomic E-state index is 12.5. The highest BCUT2D eigenvalue weighted by atomic mass is 16.5. The molecule has 1 aliphatic rings. The Labute approximate surface area is 179 Å². The van der Waals surface area contributed by atoms with Crippen molar-refractivity contribution in [3.8, 4) is 28.6 Å². The lowest BCUT2D eigenvalue weighted by Crippen LogP contribution is -2.32. The second-order valence-electron chi connectivity index (χ2n) is 6.95. The van der Waals surface area contributed by atoms with Gasteiger partial charge in [0.15, 0.2) is 17.3 Å². The van der Waals surface area contributed by atoms with Crippen molar-refractivity contribution in [1.82, 2.24) is 14.8 Å². The van der Waals surface area contributed by atoms with Gasteiger partial charge in [0.1, 0.15) is 11.8 Å². The van der Waals surface area contributed by atoms with Gasteiger partial charge in [0.25, 0.3) is 0 Å². The molecule has 1 aliphatic heterocycles. The molecule has 31 heavy (non-hydrogen) atoms. The number of nitrogens with two attached hydrogens (primary N) is 1. The van der Waals surface area contributed by atoms with Gasteiger partial charge in [-0.05, 0) is 13.0 Å². The predicted octanol–water partition coefficient (Wildman–Crippen LogP) is 2.75. The zero-order valence-electron chi connectivity index (χ0n) is 17.7. The Kier molecular flexibility index (Phi) is 5.24. The van der Waals surface area contributed by atoms with E-state index >= 15 is 0 Å². The summed E-state index contributed by atoms with van der Waals surface area (Å²) < 4.78 is 18.1. The van der Waals surface area contributed by atoms with E-state index in [-0.39, 0.29) is 0 Å². The minimum absolute atomic E-state index is 0.350. The second-order valence-corrected chi connectivity index (χ2v) is 6.95. The average Bonchev–Trinajstić information content (AvgIpc) is 3.21. The van der Waals surface area contributed by atoms with Crippen LogP contribution in [0.2, 0.25) is 0 Å². The van der Waals surface area contributed by atoms with E-state index in [0.29, 0.717) is 45.9 Å². The van der Waals surface area contributed by atoms with Crippen LogP contribution in [0.15, 0.2) is 53.7 Å². The van der Waals surface area contributed by atoms with Crippen LogP contribution in [0.3, 0.4) is 0 Å². The van der Waals surface area contributed by atoms with Crippen LogP contribution in [0.4, 0.5) is 5.95 Å². The summed E-state index contributed by atoms with van der Waals surface area (Å²) >= 11 is 0. The Morgan fingerprint density at radius 2 is 1.68 bits per heavy atom. The molecule has 0 bridgehead atoms. The van der Waals surface area contributed by atoms with E-state index in [0.717, 1.165) is 5.56 Å². The Morgan fingerprint density at radius 1 is 1.03 bits per heavy atom. The molecule has 0 spiro atoms. The number of methoxy groups -OCH3 is 3. The van der Waals surface area contributed by atoms with Crippen LogP contribution in [0.25, 0.3) is 11.4 Å². The van der Waals surface area contributed by atoms with Gasteiger partial charge in [-0.3, -0.25) is 4.79 Å². The Hall–Kier alpha value is -4.01. The van der Waals surface area contributed by atoms with Crippen molar-refractivity contribution in [2.75, 3.05) is 26.6 Å². The first-order chi connectivity index (χ1) is 15.0. The van der Waals surface area contributed by atoms with Crippen LogP contribution in [0, 0.1) is 0 Å². The summed E-state index contributed by atoms with van der Waals surface area (Å²) in [5.74, 6) is 1.92. The molecule has 4 rings (SSSR count). The van der Waals surface area contributed by atoms with Crippen molar-refractivity contribution in [3.63, 3.8) is 0 Å². The van der Waals surface area contributed by atoms with E-state index in [9.17, 15) is 4.79 Å². The zero-order chi connectivity index (χ0) is 22.1. The van der Waals surface area contributed by atoms with Gasteiger partial charge in [0.05, 0.1) is 26.9 Å². The maximum atomic E-state index is 12.5. The molecule has 9 nitrogen and oxygen atoms in total. The molecule has 1 amide bonds. The molecular weight excluding hydrogens is 398 g/mol. The van der Waals surface area contributed by atoms with Crippen LogP contribution in [0.5, 0.6) is 17.2 Å². The van der Waals surface area contributed by atoms with Crippen LogP contribution < -0.4 is 25.3 Å². The summed E-state index contributed by atoms with van der Waals surface area (Å²) in [6.07, 6.45) is 0. The number of hydrogen-bond acceptors (Lipinski definition) is 7. The number of rotatable bonds is 6. The fraction of sp³-hybridized carbons (Fsp3) is 0.227. The topological polar surface area (TPSA) is 114 Å². The number of allylic oxidation sites excluding steroid dienone is 1. The molecule has 0 saturated heterocycles. The highest BCUT2D eigenvalue weighted by Crippen LogP contribution is 2.44. The van der Waals surface area contributed by atoms with Gasteiger partial charge in [-0.25, -0.2) is 4.68 Å². The van der Waals surface area contributed by atoms with Gasteiger partial charge in [0.2, 0.25) is 11.9 Å². The molecule has 0 radical (unpaired) electrons. The first kappa shape index (κ1) is 20.3. The largest absolute Gasteiger partial charge is 0.496 e. The van der Waals surface area contributed by atoms with Crippen LogP contribution in [-0.2, 0) is 4.79 Å². The smallest absolute Gasteiger partial charge is 0.248 e. The van der Waals surface area contributed by atoms with Crippen LogP contribution in [0.1, 0.15) is 18.5 Å². The van der Waals surface area contributed by atoms with E-state index in [1.54, 1.807) is 45.1 Å². The molecule has 0 aliphatic carbocycles. The van der Waals surface area contributed by atoms with Crippen molar-refractivity contribution >= 4 is 11.9 Å². The van der Waals surface area contributed by atoms with Gasteiger partial charge >= 0.3 is 0 Å². The number of nitrogens with zero attached hydrogens (tertiary/aromatic N) is 3. The highest BCUT2D eigenvalue weighted by molar-refractivity contribution is 5.95. The molecule has 2 aromatic carbocycles. The number of benzene rings is 2. The molecule has 0 fully saturated rings. The van der Waals surface area contributed by atoms with Crippen molar-refractivity contribution < 1.29 is 19.0 Å². The molecular formula is C22H23N5O4. The summed E-state index contributed by atoms with van der Waals surface area (Å²) in [5, 5.41) is 7.83. The predicted molar refractivity (Wildman–Crippen MR) is 115 cm³/mol. The van der Waals surface area contributed by atoms with Crippen molar-refractivity contribution in [3.05, 3.63) is 59.3 Å². The fourth-order valence-corrected chi connectivity index (χ4v) is 3.73. The summed E-state index contributed by atoms with van der Waals surface area (Å²) in [6, 6.07) is 12.4. The third-order valence-corrected chi connectivity index (χ3v) is 5.18. The number of amides is 1. The van der Waals surface area contributed by atoms with Crippen molar-refractivity contribution in [1.29, 1.82) is 0 Å². The zero-order valence-corrected chi connectivity index (χ0v) is 17.7. The first-order valence-corrected chi connectivity index (χ1v) is 9.58. The lowest BCUT2D eigenvalue weighted by atomic mass is 9.94.